The molecule has 2 aromatic carbocycles. The van der Waals surface area contributed by atoms with Crippen LogP contribution in [0.5, 0.6) is 0 Å². The number of aliphatic hydroxyl groups excluding tert-OH is 1. The van der Waals surface area contributed by atoms with Crippen LogP contribution in [0, 0.1) is 0 Å². The minimum atomic E-state index is -0.453. The van der Waals surface area contributed by atoms with Gasteiger partial charge >= 0.3 is 0 Å². The molecular formula is C17H16Cl2N2OS. The molecule has 1 aromatic heterocycles. The Morgan fingerprint density at radius 1 is 1.13 bits per heavy atom. The van der Waals surface area contributed by atoms with Crippen LogP contribution in [0.4, 0.5) is 0 Å². The molecule has 3 aromatic rings. The van der Waals surface area contributed by atoms with E-state index in [4.69, 9.17) is 23.2 Å². The Labute approximate surface area is 149 Å². The SMILES string of the molecule is CC(O)Cn1c(CSc2ccc(Cl)cc2)nc2ccc(Cl)cc21. The number of halogens is 2. The van der Waals surface area contributed by atoms with E-state index in [9.17, 15) is 5.11 Å². The van der Waals surface area contributed by atoms with E-state index in [2.05, 4.69) is 4.98 Å². The van der Waals surface area contributed by atoms with E-state index in [1.54, 1.807) is 18.7 Å². The van der Waals surface area contributed by atoms with Crippen molar-refractivity contribution in [2.45, 2.75) is 30.2 Å². The van der Waals surface area contributed by atoms with Crippen molar-refractivity contribution in [3.63, 3.8) is 0 Å². The number of imidazole rings is 1. The first-order valence-corrected chi connectivity index (χ1v) is 8.98. The Hall–Kier alpha value is -1.20. The zero-order valence-corrected chi connectivity index (χ0v) is 14.9. The summed E-state index contributed by atoms with van der Waals surface area (Å²) >= 11 is 13.7. The lowest BCUT2D eigenvalue weighted by molar-refractivity contribution is 0.174. The summed E-state index contributed by atoms with van der Waals surface area (Å²) in [7, 11) is 0. The molecule has 0 amide bonds. The van der Waals surface area contributed by atoms with Gasteiger partial charge in [0.2, 0.25) is 0 Å². The highest BCUT2D eigenvalue weighted by atomic mass is 35.5. The lowest BCUT2D eigenvalue weighted by atomic mass is 10.3. The first-order chi connectivity index (χ1) is 11.0. The van der Waals surface area contributed by atoms with Crippen molar-refractivity contribution in [3.8, 4) is 0 Å². The van der Waals surface area contributed by atoms with Gasteiger partial charge in [0, 0.05) is 14.9 Å². The molecule has 0 radical (unpaired) electrons. The van der Waals surface area contributed by atoms with Crippen LogP contribution in [0.3, 0.4) is 0 Å². The molecule has 0 fully saturated rings. The number of benzene rings is 2. The van der Waals surface area contributed by atoms with Gasteiger partial charge in [-0.05, 0) is 49.4 Å². The lowest BCUT2D eigenvalue weighted by Gasteiger charge is -2.11. The highest BCUT2D eigenvalue weighted by Crippen LogP contribution is 2.27. The first kappa shape index (κ1) is 16.7. The quantitative estimate of drug-likeness (QED) is 0.644. The van der Waals surface area contributed by atoms with Crippen LogP contribution in [0.15, 0.2) is 47.4 Å². The summed E-state index contributed by atoms with van der Waals surface area (Å²) in [6.07, 6.45) is -0.453. The molecule has 3 rings (SSSR count). The standard InChI is InChI=1S/C17H16Cl2N2OS/c1-11(22)9-21-16-8-13(19)4-7-15(16)20-17(21)10-23-14-5-2-12(18)3-6-14/h2-8,11,22H,9-10H2,1H3. The maximum atomic E-state index is 9.79. The normalized spacial score (nSPS) is 12.7. The molecule has 23 heavy (non-hydrogen) atoms. The molecule has 0 saturated carbocycles. The Balaban J connectivity index is 1.90. The summed E-state index contributed by atoms with van der Waals surface area (Å²) in [5, 5.41) is 11.2. The number of aliphatic hydroxyl groups is 1. The van der Waals surface area contributed by atoms with Crippen LogP contribution < -0.4 is 0 Å². The second kappa shape index (κ2) is 7.14. The molecule has 120 valence electrons. The van der Waals surface area contributed by atoms with Gasteiger partial charge in [0.25, 0.3) is 0 Å². The van der Waals surface area contributed by atoms with Crippen molar-refractivity contribution in [2.24, 2.45) is 0 Å². The van der Waals surface area contributed by atoms with Gasteiger partial charge in [-0.2, -0.15) is 0 Å². The molecule has 6 heteroatoms. The third-order valence-electron chi connectivity index (χ3n) is 3.42. The van der Waals surface area contributed by atoms with Crippen LogP contribution in [0.2, 0.25) is 10.0 Å². The summed E-state index contributed by atoms with van der Waals surface area (Å²) in [5.41, 5.74) is 1.84. The van der Waals surface area contributed by atoms with Crippen LogP contribution in [-0.4, -0.2) is 20.8 Å². The number of aromatic nitrogens is 2. The van der Waals surface area contributed by atoms with Crippen molar-refractivity contribution in [1.82, 2.24) is 9.55 Å². The van der Waals surface area contributed by atoms with Gasteiger partial charge < -0.3 is 9.67 Å². The van der Waals surface area contributed by atoms with Gasteiger partial charge in [-0.15, -0.1) is 11.8 Å². The fourth-order valence-corrected chi connectivity index (χ4v) is 3.54. The van der Waals surface area contributed by atoms with Crippen LogP contribution >= 0.6 is 35.0 Å². The first-order valence-electron chi connectivity index (χ1n) is 7.24. The predicted octanol–water partition coefficient (Wildman–Crippen LogP) is 5.02. The van der Waals surface area contributed by atoms with Gasteiger partial charge in [-0.25, -0.2) is 4.98 Å². The Morgan fingerprint density at radius 2 is 1.83 bits per heavy atom. The highest BCUT2D eigenvalue weighted by molar-refractivity contribution is 7.98. The highest BCUT2D eigenvalue weighted by Gasteiger charge is 2.13. The second-order valence-corrected chi connectivity index (χ2v) is 7.28. The second-order valence-electron chi connectivity index (χ2n) is 5.36. The molecular weight excluding hydrogens is 351 g/mol. The third kappa shape index (κ3) is 4.01. The zero-order chi connectivity index (χ0) is 16.4. The molecule has 0 saturated heterocycles. The average molecular weight is 367 g/mol. The summed E-state index contributed by atoms with van der Waals surface area (Å²) < 4.78 is 2.04. The van der Waals surface area contributed by atoms with Gasteiger partial charge in [0.15, 0.2) is 0 Å². The number of hydrogen-bond donors (Lipinski definition) is 1. The zero-order valence-electron chi connectivity index (χ0n) is 12.5. The largest absolute Gasteiger partial charge is 0.392 e. The number of rotatable bonds is 5. The van der Waals surface area contributed by atoms with Gasteiger partial charge in [0.1, 0.15) is 5.82 Å². The molecule has 1 heterocycles. The molecule has 0 bridgehead atoms. The van der Waals surface area contributed by atoms with Crippen molar-refractivity contribution >= 4 is 46.0 Å². The predicted molar refractivity (Wildman–Crippen MR) is 97.4 cm³/mol. The van der Waals surface area contributed by atoms with Crippen molar-refractivity contribution < 1.29 is 5.11 Å². The minimum absolute atomic E-state index is 0.453. The fraction of sp³-hybridized carbons (Fsp3) is 0.235. The molecule has 1 atom stereocenters. The van der Waals surface area contributed by atoms with E-state index in [1.807, 2.05) is 47.0 Å². The fourth-order valence-electron chi connectivity index (χ4n) is 2.40. The maximum Gasteiger partial charge on any atom is 0.120 e. The third-order valence-corrected chi connectivity index (χ3v) is 4.91. The van der Waals surface area contributed by atoms with Crippen molar-refractivity contribution in [3.05, 3.63) is 58.3 Å². The van der Waals surface area contributed by atoms with Crippen molar-refractivity contribution in [2.75, 3.05) is 0 Å². The van der Waals surface area contributed by atoms with Gasteiger partial charge in [-0.3, -0.25) is 0 Å². The molecule has 0 spiro atoms. The number of hydrogen-bond acceptors (Lipinski definition) is 3. The van der Waals surface area contributed by atoms with Gasteiger partial charge in [0.05, 0.1) is 29.4 Å². The van der Waals surface area contributed by atoms with E-state index in [-0.39, 0.29) is 0 Å². The van der Waals surface area contributed by atoms with E-state index < -0.39 is 6.10 Å². The van der Waals surface area contributed by atoms with E-state index in [1.165, 1.54) is 0 Å². The summed E-state index contributed by atoms with van der Waals surface area (Å²) in [5.74, 6) is 1.63. The number of fused-ring (bicyclic) bond motifs is 1. The summed E-state index contributed by atoms with van der Waals surface area (Å²) in [4.78, 5) is 5.81. The topological polar surface area (TPSA) is 38.0 Å². The maximum absolute atomic E-state index is 9.79. The number of nitrogens with zero attached hydrogens (tertiary/aromatic N) is 2. The minimum Gasteiger partial charge on any atom is -0.392 e. The molecule has 1 N–H and O–H groups in total. The Morgan fingerprint density at radius 3 is 2.52 bits per heavy atom. The van der Waals surface area contributed by atoms with E-state index in [0.29, 0.717) is 17.3 Å². The van der Waals surface area contributed by atoms with Crippen LogP contribution in [0.1, 0.15) is 12.7 Å². The molecule has 0 aliphatic carbocycles. The Bertz CT molecular complexity index is 815. The van der Waals surface area contributed by atoms with E-state index >= 15 is 0 Å². The smallest absolute Gasteiger partial charge is 0.120 e. The van der Waals surface area contributed by atoms with Crippen LogP contribution in [-0.2, 0) is 12.3 Å². The van der Waals surface area contributed by atoms with Crippen LogP contribution in [0.25, 0.3) is 11.0 Å². The molecule has 0 aliphatic rings. The lowest BCUT2D eigenvalue weighted by Crippen LogP contribution is -2.14. The Kier molecular flexibility index (Phi) is 5.17. The van der Waals surface area contributed by atoms with Gasteiger partial charge in [-0.1, -0.05) is 23.2 Å². The molecule has 1 unspecified atom stereocenters. The number of thioether (sulfide) groups is 1. The molecule has 3 nitrogen and oxygen atoms in total. The summed E-state index contributed by atoms with van der Waals surface area (Å²) in [6.45, 7) is 2.26. The monoisotopic (exact) mass is 366 g/mol. The van der Waals surface area contributed by atoms with Crippen molar-refractivity contribution in [1.29, 1.82) is 0 Å². The average Bonchev–Trinajstić information content (AvgIpc) is 2.84. The molecule has 0 aliphatic heterocycles. The summed E-state index contributed by atoms with van der Waals surface area (Å²) in [6, 6.07) is 13.4. The van der Waals surface area contributed by atoms with E-state index in [0.717, 1.165) is 26.8 Å².